The van der Waals surface area contributed by atoms with Crippen LogP contribution >= 0.6 is 23.5 Å². The molecule has 3 nitrogen and oxygen atoms in total. The van der Waals surface area contributed by atoms with E-state index in [1.54, 1.807) is 0 Å². The van der Waals surface area contributed by atoms with Crippen LogP contribution in [0.1, 0.15) is 22.7 Å². The zero-order valence-electron chi connectivity index (χ0n) is 21.4. The molecule has 0 radical (unpaired) electrons. The summed E-state index contributed by atoms with van der Waals surface area (Å²) in [4.78, 5) is 17.4. The molecule has 0 amide bonds. The molecule has 190 valence electrons. The summed E-state index contributed by atoms with van der Waals surface area (Å²) in [6, 6.07) is 43.1. The van der Waals surface area contributed by atoms with Crippen LogP contribution in [-0.2, 0) is 0 Å². The highest BCUT2D eigenvalue weighted by Gasteiger charge is 2.32. The summed E-state index contributed by atoms with van der Waals surface area (Å²) >= 11 is 3.65. The first kappa shape index (κ1) is 23.6. The van der Waals surface area contributed by atoms with E-state index >= 15 is 0 Å². The minimum absolute atomic E-state index is 0.0226. The topological polar surface area (TPSA) is 29.0 Å². The third kappa shape index (κ3) is 3.77. The van der Waals surface area contributed by atoms with Crippen molar-refractivity contribution in [2.75, 3.05) is 4.90 Å². The first-order valence-electron chi connectivity index (χ1n) is 13.3. The molecule has 0 aliphatic carbocycles. The number of anilines is 3. The molecule has 0 unspecified atom stereocenters. The van der Waals surface area contributed by atoms with Gasteiger partial charge in [0.05, 0.1) is 23.0 Å². The minimum Gasteiger partial charge on any atom is -0.292 e. The highest BCUT2D eigenvalue weighted by atomic mass is 32.2. The highest BCUT2D eigenvalue weighted by Crippen LogP contribution is 2.54. The first-order chi connectivity index (χ1) is 19.9. The van der Waals surface area contributed by atoms with Crippen LogP contribution in [0.5, 0.6) is 0 Å². The molecule has 0 fully saturated rings. The van der Waals surface area contributed by atoms with Crippen molar-refractivity contribution in [1.29, 1.82) is 0 Å². The normalized spacial score (nSPS) is 13.7. The molecular formula is C35H23N3S2. The van der Waals surface area contributed by atoms with Crippen LogP contribution in [0.2, 0.25) is 0 Å². The van der Waals surface area contributed by atoms with E-state index in [0.29, 0.717) is 0 Å². The van der Waals surface area contributed by atoms with Crippen LogP contribution in [0.15, 0.2) is 153 Å². The fourth-order valence-electron chi connectivity index (χ4n) is 5.80. The number of hydrogen-bond acceptors (Lipinski definition) is 5. The predicted molar refractivity (Wildman–Crippen MR) is 164 cm³/mol. The van der Waals surface area contributed by atoms with Gasteiger partial charge in [0.1, 0.15) is 5.82 Å². The van der Waals surface area contributed by atoms with Crippen molar-refractivity contribution >= 4 is 40.7 Å². The molecule has 0 saturated carbocycles. The van der Waals surface area contributed by atoms with Gasteiger partial charge >= 0.3 is 0 Å². The molecule has 40 heavy (non-hydrogen) atoms. The van der Waals surface area contributed by atoms with Gasteiger partial charge in [0.25, 0.3) is 0 Å². The Labute approximate surface area is 242 Å². The van der Waals surface area contributed by atoms with Gasteiger partial charge in [-0.3, -0.25) is 9.88 Å². The fourth-order valence-corrected chi connectivity index (χ4v) is 7.99. The van der Waals surface area contributed by atoms with Gasteiger partial charge < -0.3 is 0 Å². The van der Waals surface area contributed by atoms with Crippen molar-refractivity contribution in [3.05, 3.63) is 151 Å². The monoisotopic (exact) mass is 549 g/mol. The maximum absolute atomic E-state index is 5.09. The molecule has 5 heteroatoms. The lowest BCUT2D eigenvalue weighted by atomic mass is 9.84. The molecule has 6 aromatic rings. The van der Waals surface area contributed by atoms with Gasteiger partial charge in [-0.2, -0.15) is 0 Å². The Balaban J connectivity index is 1.37. The Morgan fingerprint density at radius 3 is 1.62 bits per heavy atom. The second-order valence-electron chi connectivity index (χ2n) is 9.79. The Morgan fingerprint density at radius 1 is 0.475 bits per heavy atom. The van der Waals surface area contributed by atoms with Crippen molar-refractivity contribution in [1.82, 2.24) is 9.97 Å². The van der Waals surface area contributed by atoms with Crippen molar-refractivity contribution in [2.45, 2.75) is 25.5 Å². The van der Waals surface area contributed by atoms with Gasteiger partial charge in [-0.15, -0.1) is 0 Å². The second kappa shape index (κ2) is 9.70. The Kier molecular flexibility index (Phi) is 5.71. The second-order valence-corrected chi connectivity index (χ2v) is 12.0. The summed E-state index contributed by atoms with van der Waals surface area (Å²) in [5.41, 5.74) is 8.08. The lowest BCUT2D eigenvalue weighted by molar-refractivity contribution is 0.863. The largest absolute Gasteiger partial charge is 0.292 e. The summed E-state index contributed by atoms with van der Waals surface area (Å²) in [6.45, 7) is 0. The van der Waals surface area contributed by atoms with E-state index in [-0.39, 0.29) is 5.92 Å². The minimum atomic E-state index is 0.0226. The van der Waals surface area contributed by atoms with Gasteiger partial charge in [-0.25, -0.2) is 4.98 Å². The molecular weight excluding hydrogens is 527 g/mol. The molecule has 2 aromatic heterocycles. The van der Waals surface area contributed by atoms with Crippen LogP contribution in [0.25, 0.3) is 11.1 Å². The van der Waals surface area contributed by atoms with Crippen LogP contribution in [0.3, 0.4) is 0 Å². The standard InChI is InChI=1S/C35H23N3S2/c1-5-17-29-25(11-1)33(26-12-2-6-18-30(26)39-29)34-23(13-9-21-36-34)24-14-10-22-37-35(24)38-27-15-3-7-19-31(27)40-32-20-8-4-16-28(32)38/h1-22,33H. The summed E-state index contributed by atoms with van der Waals surface area (Å²) in [5.74, 6) is 0.929. The summed E-state index contributed by atoms with van der Waals surface area (Å²) < 4.78 is 0. The Hall–Kier alpha value is -4.32. The van der Waals surface area contributed by atoms with Crippen molar-refractivity contribution in [3.63, 3.8) is 0 Å². The highest BCUT2D eigenvalue weighted by molar-refractivity contribution is 8.00. The Bertz CT molecular complexity index is 1670. The molecule has 4 heterocycles. The molecule has 0 saturated heterocycles. The van der Waals surface area contributed by atoms with E-state index in [2.05, 4.69) is 114 Å². The number of nitrogens with zero attached hydrogens (tertiary/aromatic N) is 3. The molecule has 0 atom stereocenters. The van der Waals surface area contributed by atoms with Crippen LogP contribution < -0.4 is 4.90 Å². The van der Waals surface area contributed by atoms with Gasteiger partial charge in [0, 0.05) is 43.1 Å². The van der Waals surface area contributed by atoms with E-state index < -0.39 is 0 Å². The first-order valence-corrected chi connectivity index (χ1v) is 14.9. The molecule has 2 aliphatic heterocycles. The number of fused-ring (bicyclic) bond motifs is 4. The lowest BCUT2D eigenvalue weighted by Crippen LogP contribution is -2.17. The number of para-hydroxylation sites is 2. The quantitative estimate of drug-likeness (QED) is 0.219. The van der Waals surface area contributed by atoms with Crippen LogP contribution in [0, 0.1) is 0 Å². The third-order valence-corrected chi connectivity index (χ3v) is 9.83. The molecule has 4 aromatic carbocycles. The number of benzene rings is 4. The van der Waals surface area contributed by atoms with Crippen molar-refractivity contribution in [3.8, 4) is 11.1 Å². The molecule has 0 bridgehead atoms. The van der Waals surface area contributed by atoms with E-state index in [9.17, 15) is 0 Å². The maximum atomic E-state index is 5.09. The van der Waals surface area contributed by atoms with Gasteiger partial charge in [-0.1, -0.05) is 90.3 Å². The van der Waals surface area contributed by atoms with E-state index in [1.807, 2.05) is 48.1 Å². The summed E-state index contributed by atoms with van der Waals surface area (Å²) in [5, 5.41) is 0. The Morgan fingerprint density at radius 2 is 0.975 bits per heavy atom. The average molecular weight is 550 g/mol. The van der Waals surface area contributed by atoms with E-state index in [4.69, 9.17) is 9.97 Å². The van der Waals surface area contributed by atoms with Crippen molar-refractivity contribution < 1.29 is 0 Å². The summed E-state index contributed by atoms with van der Waals surface area (Å²) in [7, 11) is 0. The molecule has 0 spiro atoms. The smallest absolute Gasteiger partial charge is 0.145 e. The molecule has 2 aliphatic rings. The van der Waals surface area contributed by atoms with Gasteiger partial charge in [0.2, 0.25) is 0 Å². The third-order valence-electron chi connectivity index (χ3n) is 7.51. The zero-order chi connectivity index (χ0) is 26.5. The van der Waals surface area contributed by atoms with E-state index in [0.717, 1.165) is 34.0 Å². The summed E-state index contributed by atoms with van der Waals surface area (Å²) in [6.07, 6.45) is 3.81. The number of pyridine rings is 2. The predicted octanol–water partition coefficient (Wildman–Crippen LogP) is 9.72. The molecule has 8 rings (SSSR count). The average Bonchev–Trinajstić information content (AvgIpc) is 3.02. The fraction of sp³-hybridized carbons (Fsp3) is 0.0286. The maximum Gasteiger partial charge on any atom is 0.145 e. The zero-order valence-corrected chi connectivity index (χ0v) is 23.1. The van der Waals surface area contributed by atoms with Crippen LogP contribution in [-0.4, -0.2) is 9.97 Å². The van der Waals surface area contributed by atoms with Gasteiger partial charge in [-0.05, 0) is 65.7 Å². The number of aromatic nitrogens is 2. The molecule has 0 N–H and O–H groups in total. The SMILES string of the molecule is c1ccc2c(c1)Sc1ccccc1C2c1ncccc1-c1cccnc1N1c2ccccc2Sc2ccccc21. The number of rotatable bonds is 3. The van der Waals surface area contributed by atoms with Gasteiger partial charge in [0.15, 0.2) is 0 Å². The number of hydrogen-bond donors (Lipinski definition) is 0. The lowest BCUT2D eigenvalue weighted by Gasteiger charge is -2.33. The van der Waals surface area contributed by atoms with Crippen LogP contribution in [0.4, 0.5) is 17.2 Å². The van der Waals surface area contributed by atoms with E-state index in [1.165, 1.54) is 30.7 Å². The van der Waals surface area contributed by atoms with Crippen molar-refractivity contribution in [2.24, 2.45) is 0 Å².